The maximum Gasteiger partial charge on any atom is 0.160 e. The Hall–Kier alpha value is -5.84. The van der Waals surface area contributed by atoms with Gasteiger partial charge in [-0.15, -0.1) is 11.3 Å². The molecule has 0 radical (unpaired) electrons. The van der Waals surface area contributed by atoms with Crippen LogP contribution in [0.15, 0.2) is 164 Å². The Bertz CT molecular complexity index is 2440. The second-order valence-corrected chi connectivity index (χ2v) is 12.5. The number of nitrogens with zero attached hydrogens (tertiary/aromatic N) is 3. The normalized spacial score (nSPS) is 11.5. The highest BCUT2D eigenvalue weighted by molar-refractivity contribution is 7.24. The minimum Gasteiger partial charge on any atom is -0.299 e. The van der Waals surface area contributed by atoms with E-state index in [2.05, 4.69) is 132 Å². The quantitative estimate of drug-likeness (QED) is 0.195. The lowest BCUT2D eigenvalue weighted by atomic mass is 9.98. The molecule has 0 amide bonds. The van der Waals surface area contributed by atoms with Crippen molar-refractivity contribution in [2.45, 2.75) is 0 Å². The monoisotopic (exact) mass is 605 g/mol. The summed E-state index contributed by atoms with van der Waals surface area (Å²) in [5, 5.41) is 1.26. The molecule has 3 heterocycles. The average molecular weight is 606 g/mol. The van der Waals surface area contributed by atoms with Crippen molar-refractivity contribution in [3.05, 3.63) is 164 Å². The zero-order chi connectivity index (χ0) is 30.5. The molecule has 46 heavy (non-hydrogen) atoms. The number of aromatic nitrogens is 3. The standard InChI is InChI=1S/C42H27N3S/c1-4-12-28(13-5-1)33-24-25-37-34(26-33)40(42-45(37)38-18-10-11-19-39(38)46-42)31-22-20-30(21-23-31)36-27-35(29-14-6-2-7-15-29)43-41(44-36)32-16-8-3-9-17-32/h1-27H. The zero-order valence-corrected chi connectivity index (χ0v) is 25.7. The number of fused-ring (bicyclic) bond motifs is 5. The van der Waals surface area contributed by atoms with Gasteiger partial charge in [-0.05, 0) is 47.0 Å². The summed E-state index contributed by atoms with van der Waals surface area (Å²) in [4.78, 5) is 11.3. The van der Waals surface area contributed by atoms with Gasteiger partial charge in [0, 0.05) is 27.6 Å². The Morgan fingerprint density at radius 3 is 1.65 bits per heavy atom. The summed E-state index contributed by atoms with van der Waals surface area (Å²) in [7, 11) is 0. The first-order valence-electron chi connectivity index (χ1n) is 15.4. The van der Waals surface area contributed by atoms with Crippen LogP contribution in [0, 0.1) is 0 Å². The van der Waals surface area contributed by atoms with E-state index in [-0.39, 0.29) is 0 Å². The van der Waals surface area contributed by atoms with Crippen molar-refractivity contribution < 1.29 is 0 Å². The van der Waals surface area contributed by atoms with Crippen LogP contribution in [0.3, 0.4) is 0 Å². The Morgan fingerprint density at radius 1 is 0.413 bits per heavy atom. The first-order valence-corrected chi connectivity index (χ1v) is 16.2. The van der Waals surface area contributed by atoms with E-state index in [4.69, 9.17) is 9.97 Å². The molecule has 0 bridgehead atoms. The zero-order valence-electron chi connectivity index (χ0n) is 24.8. The minimum absolute atomic E-state index is 0.722. The van der Waals surface area contributed by atoms with Gasteiger partial charge in [-0.2, -0.15) is 0 Å². The molecule has 3 aromatic heterocycles. The van der Waals surface area contributed by atoms with Crippen LogP contribution in [0.5, 0.6) is 0 Å². The van der Waals surface area contributed by atoms with Crippen molar-refractivity contribution in [3.8, 4) is 56.2 Å². The van der Waals surface area contributed by atoms with E-state index in [1.54, 1.807) is 0 Å². The van der Waals surface area contributed by atoms with E-state index in [1.165, 1.54) is 48.2 Å². The molecule has 216 valence electrons. The molecular formula is C42H27N3S. The molecule has 0 saturated heterocycles. The van der Waals surface area contributed by atoms with Crippen molar-refractivity contribution in [1.82, 2.24) is 14.4 Å². The van der Waals surface area contributed by atoms with E-state index in [0.717, 1.165) is 33.9 Å². The number of benzene rings is 6. The van der Waals surface area contributed by atoms with Crippen LogP contribution in [-0.4, -0.2) is 14.4 Å². The third-order valence-electron chi connectivity index (χ3n) is 8.64. The second kappa shape index (κ2) is 11.0. The van der Waals surface area contributed by atoms with E-state index in [0.29, 0.717) is 0 Å². The SMILES string of the molecule is c1ccc(-c2ccc3c(c2)c(-c2ccc(-c4cc(-c5ccccc5)nc(-c5ccccc5)n4)cc2)c2sc4ccccc4n23)cc1. The van der Waals surface area contributed by atoms with Gasteiger partial charge in [0.25, 0.3) is 0 Å². The lowest BCUT2D eigenvalue weighted by Crippen LogP contribution is -1.95. The fourth-order valence-corrected chi connectivity index (χ4v) is 7.64. The summed E-state index contributed by atoms with van der Waals surface area (Å²) in [6.45, 7) is 0. The summed E-state index contributed by atoms with van der Waals surface area (Å²) >= 11 is 1.85. The molecule has 0 unspecified atom stereocenters. The van der Waals surface area contributed by atoms with Gasteiger partial charge in [0.1, 0.15) is 4.83 Å². The minimum atomic E-state index is 0.722. The van der Waals surface area contributed by atoms with Crippen LogP contribution in [-0.2, 0) is 0 Å². The number of hydrogen-bond acceptors (Lipinski definition) is 3. The van der Waals surface area contributed by atoms with Crippen LogP contribution < -0.4 is 0 Å². The molecule has 0 fully saturated rings. The first-order chi connectivity index (χ1) is 22.8. The number of para-hydroxylation sites is 1. The van der Waals surface area contributed by atoms with Crippen molar-refractivity contribution in [3.63, 3.8) is 0 Å². The van der Waals surface area contributed by atoms with Crippen LogP contribution >= 0.6 is 11.3 Å². The van der Waals surface area contributed by atoms with Gasteiger partial charge in [0.2, 0.25) is 0 Å². The number of hydrogen-bond donors (Lipinski definition) is 0. The molecule has 0 aliphatic carbocycles. The highest BCUT2D eigenvalue weighted by Crippen LogP contribution is 2.43. The predicted octanol–water partition coefficient (Wildman–Crippen LogP) is 11.4. The van der Waals surface area contributed by atoms with Crippen molar-refractivity contribution >= 4 is 37.3 Å². The van der Waals surface area contributed by atoms with Gasteiger partial charge < -0.3 is 0 Å². The first kappa shape index (κ1) is 26.6. The van der Waals surface area contributed by atoms with Gasteiger partial charge in [-0.1, -0.05) is 133 Å². The third kappa shape index (κ3) is 4.50. The maximum absolute atomic E-state index is 5.05. The van der Waals surface area contributed by atoms with E-state index < -0.39 is 0 Å². The molecule has 6 aromatic carbocycles. The summed E-state index contributed by atoms with van der Waals surface area (Å²) in [5.41, 5.74) is 12.3. The fourth-order valence-electron chi connectivity index (χ4n) is 6.40. The second-order valence-electron chi connectivity index (χ2n) is 11.5. The summed E-state index contributed by atoms with van der Waals surface area (Å²) in [5.74, 6) is 0.722. The maximum atomic E-state index is 5.05. The Labute approximate surface area is 270 Å². The highest BCUT2D eigenvalue weighted by atomic mass is 32.1. The van der Waals surface area contributed by atoms with Gasteiger partial charge in [-0.3, -0.25) is 4.40 Å². The summed E-state index contributed by atoms with van der Waals surface area (Å²) in [6, 6.07) is 57.7. The Morgan fingerprint density at radius 2 is 0.957 bits per heavy atom. The molecule has 9 rings (SSSR count). The predicted molar refractivity (Wildman–Crippen MR) is 193 cm³/mol. The van der Waals surface area contributed by atoms with Crippen molar-refractivity contribution in [2.24, 2.45) is 0 Å². The van der Waals surface area contributed by atoms with Gasteiger partial charge in [0.05, 0.1) is 27.1 Å². The number of rotatable bonds is 5. The van der Waals surface area contributed by atoms with Crippen molar-refractivity contribution in [2.75, 3.05) is 0 Å². The molecule has 0 aliphatic heterocycles. The molecule has 0 N–H and O–H groups in total. The lowest BCUT2D eigenvalue weighted by Gasteiger charge is -2.10. The Balaban J connectivity index is 1.22. The molecular weight excluding hydrogens is 579 g/mol. The average Bonchev–Trinajstić information content (AvgIpc) is 3.67. The highest BCUT2D eigenvalue weighted by Gasteiger charge is 2.19. The lowest BCUT2D eigenvalue weighted by molar-refractivity contribution is 1.18. The molecule has 0 aliphatic rings. The molecule has 3 nitrogen and oxygen atoms in total. The molecule has 9 aromatic rings. The Kier molecular flexibility index (Phi) is 6.32. The molecule has 4 heteroatoms. The molecule has 0 atom stereocenters. The van der Waals surface area contributed by atoms with Crippen LogP contribution in [0.1, 0.15) is 0 Å². The fraction of sp³-hybridized carbons (Fsp3) is 0. The number of thiazole rings is 1. The molecule has 0 saturated carbocycles. The summed E-state index contributed by atoms with van der Waals surface area (Å²) in [6.07, 6.45) is 0. The smallest absolute Gasteiger partial charge is 0.160 e. The van der Waals surface area contributed by atoms with E-state index >= 15 is 0 Å². The largest absolute Gasteiger partial charge is 0.299 e. The topological polar surface area (TPSA) is 30.2 Å². The van der Waals surface area contributed by atoms with E-state index in [9.17, 15) is 0 Å². The third-order valence-corrected chi connectivity index (χ3v) is 9.79. The van der Waals surface area contributed by atoms with Gasteiger partial charge in [0.15, 0.2) is 5.82 Å². The van der Waals surface area contributed by atoms with Crippen molar-refractivity contribution in [1.29, 1.82) is 0 Å². The van der Waals surface area contributed by atoms with Crippen LogP contribution in [0.25, 0.3) is 82.1 Å². The van der Waals surface area contributed by atoms with Gasteiger partial charge in [-0.25, -0.2) is 9.97 Å². The van der Waals surface area contributed by atoms with Gasteiger partial charge >= 0.3 is 0 Å². The molecule has 0 spiro atoms. The van der Waals surface area contributed by atoms with E-state index in [1.807, 2.05) is 47.7 Å². The van der Waals surface area contributed by atoms with Crippen LogP contribution in [0.4, 0.5) is 0 Å². The van der Waals surface area contributed by atoms with Crippen LogP contribution in [0.2, 0.25) is 0 Å². The summed E-state index contributed by atoms with van der Waals surface area (Å²) < 4.78 is 3.71.